The Bertz CT molecular complexity index is 440. The summed E-state index contributed by atoms with van der Waals surface area (Å²) in [7, 11) is 0. The molecule has 2 amide bonds. The highest BCUT2D eigenvalue weighted by Gasteiger charge is 2.27. The number of benzene rings is 1. The summed E-state index contributed by atoms with van der Waals surface area (Å²) >= 11 is 0. The van der Waals surface area contributed by atoms with Crippen LogP contribution in [0, 0.1) is 11.6 Å². The van der Waals surface area contributed by atoms with Crippen LogP contribution < -0.4 is 5.32 Å². The lowest BCUT2D eigenvalue weighted by Gasteiger charge is -2.25. The molecule has 0 aliphatic carbocycles. The molecule has 1 aromatic rings. The summed E-state index contributed by atoms with van der Waals surface area (Å²) in [6.07, 6.45) is 0. The zero-order valence-corrected chi connectivity index (χ0v) is 8.87. The minimum absolute atomic E-state index is 0.00180. The molecule has 6 heteroatoms. The maximum absolute atomic E-state index is 13.4. The summed E-state index contributed by atoms with van der Waals surface area (Å²) in [6, 6.07) is 3.42. The fourth-order valence-electron chi connectivity index (χ4n) is 1.62. The minimum Gasteiger partial charge on any atom is -0.300 e. The zero-order chi connectivity index (χ0) is 12.4. The molecule has 2 rings (SSSR count). The molecule has 1 N–H and O–H groups in total. The molecule has 1 heterocycles. The number of nitrogens with zero attached hydrogens (tertiary/aromatic N) is 1. The third-order valence-electron chi connectivity index (χ3n) is 2.53. The monoisotopic (exact) mass is 240 g/mol. The van der Waals surface area contributed by atoms with Gasteiger partial charge in [0.15, 0.2) is 0 Å². The summed E-state index contributed by atoms with van der Waals surface area (Å²) in [5.74, 6) is -2.49. The van der Waals surface area contributed by atoms with Crippen molar-refractivity contribution in [3.8, 4) is 0 Å². The lowest BCUT2D eigenvalue weighted by molar-refractivity contribution is -0.147. The minimum atomic E-state index is -0.760. The molecule has 1 aromatic carbocycles. The number of hydrogen-bond acceptors (Lipinski definition) is 3. The van der Waals surface area contributed by atoms with Crippen molar-refractivity contribution < 1.29 is 18.4 Å². The lowest BCUT2D eigenvalue weighted by atomic mass is 10.1. The summed E-state index contributed by atoms with van der Waals surface area (Å²) in [4.78, 5) is 23.7. The molecule has 90 valence electrons. The highest BCUT2D eigenvalue weighted by Crippen LogP contribution is 2.15. The van der Waals surface area contributed by atoms with Crippen molar-refractivity contribution in [1.82, 2.24) is 10.2 Å². The van der Waals surface area contributed by atoms with Crippen LogP contribution in [-0.2, 0) is 16.1 Å². The second-order valence-electron chi connectivity index (χ2n) is 3.68. The molecule has 4 nitrogen and oxygen atoms in total. The van der Waals surface area contributed by atoms with Gasteiger partial charge in [0, 0.05) is 5.56 Å². The van der Waals surface area contributed by atoms with Crippen LogP contribution in [-0.4, -0.2) is 29.8 Å². The van der Waals surface area contributed by atoms with Crippen LogP contribution in [0.4, 0.5) is 8.78 Å². The molecule has 0 bridgehead atoms. The summed E-state index contributed by atoms with van der Waals surface area (Å²) in [5.41, 5.74) is -0.267. The van der Waals surface area contributed by atoms with Gasteiger partial charge in [0.05, 0.1) is 19.6 Å². The van der Waals surface area contributed by atoms with E-state index in [-0.39, 0.29) is 25.2 Å². The molecule has 0 radical (unpaired) electrons. The van der Waals surface area contributed by atoms with Crippen LogP contribution in [0.15, 0.2) is 18.2 Å². The smallest absolute Gasteiger partial charge is 0.243 e. The first-order valence-corrected chi connectivity index (χ1v) is 5.06. The van der Waals surface area contributed by atoms with Crippen LogP contribution in [0.1, 0.15) is 5.56 Å². The van der Waals surface area contributed by atoms with Crippen LogP contribution in [0.3, 0.4) is 0 Å². The SMILES string of the molecule is O=C1CNCC(=O)N1Cc1c(F)cccc1F. The van der Waals surface area contributed by atoms with E-state index in [1.165, 1.54) is 6.07 Å². The van der Waals surface area contributed by atoms with Gasteiger partial charge in [-0.3, -0.25) is 19.8 Å². The zero-order valence-electron chi connectivity index (χ0n) is 8.87. The number of carbonyl (C=O) groups is 2. The van der Waals surface area contributed by atoms with E-state index in [2.05, 4.69) is 5.32 Å². The Morgan fingerprint density at radius 1 is 1.12 bits per heavy atom. The molecule has 1 aliphatic heterocycles. The van der Waals surface area contributed by atoms with E-state index in [1.54, 1.807) is 0 Å². The lowest BCUT2D eigenvalue weighted by Crippen LogP contribution is -2.51. The van der Waals surface area contributed by atoms with E-state index in [9.17, 15) is 18.4 Å². The average molecular weight is 240 g/mol. The van der Waals surface area contributed by atoms with Gasteiger partial charge < -0.3 is 0 Å². The third kappa shape index (κ3) is 2.31. The van der Waals surface area contributed by atoms with Gasteiger partial charge in [-0.2, -0.15) is 0 Å². The molecule has 0 unspecified atom stereocenters. The molecular formula is C11H10F2N2O2. The Kier molecular flexibility index (Phi) is 3.14. The summed E-state index contributed by atoms with van der Waals surface area (Å²) in [6.45, 7) is -0.360. The number of halogens is 2. The Labute approximate surface area is 96.2 Å². The molecule has 1 aliphatic rings. The van der Waals surface area contributed by atoms with E-state index < -0.39 is 23.4 Å². The molecule has 1 saturated heterocycles. The van der Waals surface area contributed by atoms with Gasteiger partial charge in [-0.05, 0) is 12.1 Å². The molecule has 0 saturated carbocycles. The van der Waals surface area contributed by atoms with E-state index in [4.69, 9.17) is 0 Å². The van der Waals surface area contributed by atoms with Gasteiger partial charge in [0.2, 0.25) is 11.8 Å². The first-order chi connectivity index (χ1) is 8.09. The maximum Gasteiger partial charge on any atom is 0.243 e. The number of piperazine rings is 1. The Balaban J connectivity index is 2.25. The van der Waals surface area contributed by atoms with E-state index in [0.29, 0.717) is 0 Å². The molecular weight excluding hydrogens is 230 g/mol. The molecule has 0 atom stereocenters. The fourth-order valence-corrected chi connectivity index (χ4v) is 1.62. The van der Waals surface area contributed by atoms with Crippen molar-refractivity contribution in [2.75, 3.05) is 13.1 Å². The van der Waals surface area contributed by atoms with Crippen LogP contribution in [0.2, 0.25) is 0 Å². The number of carbonyl (C=O) groups excluding carboxylic acids is 2. The highest BCUT2D eigenvalue weighted by molar-refractivity contribution is 5.99. The van der Waals surface area contributed by atoms with E-state index in [0.717, 1.165) is 17.0 Å². The first kappa shape index (κ1) is 11.7. The number of hydrogen-bond donors (Lipinski definition) is 1. The largest absolute Gasteiger partial charge is 0.300 e. The number of nitrogens with one attached hydrogen (secondary N) is 1. The van der Waals surface area contributed by atoms with Crippen LogP contribution in [0.5, 0.6) is 0 Å². The van der Waals surface area contributed by atoms with Crippen molar-refractivity contribution in [2.24, 2.45) is 0 Å². The Morgan fingerprint density at radius 3 is 2.18 bits per heavy atom. The predicted molar refractivity (Wildman–Crippen MR) is 54.8 cm³/mol. The van der Waals surface area contributed by atoms with E-state index in [1.807, 2.05) is 0 Å². The third-order valence-corrected chi connectivity index (χ3v) is 2.53. The Hall–Kier alpha value is -1.82. The van der Waals surface area contributed by atoms with Gasteiger partial charge in [-0.1, -0.05) is 6.07 Å². The average Bonchev–Trinajstić information content (AvgIpc) is 2.27. The summed E-state index contributed by atoms with van der Waals surface area (Å²) < 4.78 is 26.7. The molecule has 0 spiro atoms. The maximum atomic E-state index is 13.4. The van der Waals surface area contributed by atoms with E-state index >= 15 is 0 Å². The second-order valence-corrected chi connectivity index (χ2v) is 3.68. The molecule has 1 fully saturated rings. The van der Waals surface area contributed by atoms with Gasteiger partial charge >= 0.3 is 0 Å². The number of rotatable bonds is 2. The van der Waals surface area contributed by atoms with Gasteiger partial charge in [-0.25, -0.2) is 8.78 Å². The van der Waals surface area contributed by atoms with Crippen molar-refractivity contribution in [3.63, 3.8) is 0 Å². The molecule has 17 heavy (non-hydrogen) atoms. The second kappa shape index (κ2) is 4.58. The first-order valence-electron chi connectivity index (χ1n) is 5.06. The van der Waals surface area contributed by atoms with Crippen molar-refractivity contribution >= 4 is 11.8 Å². The van der Waals surface area contributed by atoms with Gasteiger partial charge in [0.25, 0.3) is 0 Å². The van der Waals surface area contributed by atoms with Crippen LogP contribution in [0.25, 0.3) is 0 Å². The van der Waals surface area contributed by atoms with Crippen molar-refractivity contribution in [3.05, 3.63) is 35.4 Å². The normalized spacial score (nSPS) is 16.5. The van der Waals surface area contributed by atoms with Crippen molar-refractivity contribution in [2.45, 2.75) is 6.54 Å². The fraction of sp³-hybridized carbons (Fsp3) is 0.273. The topological polar surface area (TPSA) is 49.4 Å². The Morgan fingerprint density at radius 2 is 1.65 bits per heavy atom. The number of imide groups is 1. The standard InChI is InChI=1S/C11H10F2N2O2/c12-8-2-1-3-9(13)7(8)6-15-10(16)4-14-5-11(15)17/h1-3,14H,4-6H2. The van der Waals surface area contributed by atoms with Gasteiger partial charge in [0.1, 0.15) is 11.6 Å². The van der Waals surface area contributed by atoms with Crippen LogP contribution >= 0.6 is 0 Å². The molecule has 0 aromatic heterocycles. The predicted octanol–water partition coefficient (Wildman–Crippen LogP) is 0.423. The van der Waals surface area contributed by atoms with Crippen molar-refractivity contribution in [1.29, 1.82) is 0 Å². The quantitative estimate of drug-likeness (QED) is 0.762. The highest BCUT2D eigenvalue weighted by atomic mass is 19.1. The summed E-state index contributed by atoms with van der Waals surface area (Å²) in [5, 5.41) is 2.60. The van der Waals surface area contributed by atoms with Gasteiger partial charge in [-0.15, -0.1) is 0 Å². The number of amides is 2.